The molecule has 12 N–H and O–H groups in total. The summed E-state index contributed by atoms with van der Waals surface area (Å²) >= 11 is 0. The third kappa shape index (κ3) is 155. The first-order valence-corrected chi connectivity index (χ1v) is 0. The molecule has 0 saturated carbocycles. The molecule has 0 aromatic rings. The van der Waals surface area contributed by atoms with Gasteiger partial charge in [0.15, 0.2) is 0 Å². The number of hydrogen-bond donors (Lipinski definition) is 0. The van der Waals surface area contributed by atoms with E-state index in [1.807, 2.05) is 0 Å². The minimum absolute atomic E-state index is 0. The molecule has 8 heteroatoms. The quantitative estimate of drug-likeness (QED) is 0.415. The van der Waals surface area contributed by atoms with Crippen LogP contribution in [0.4, 0.5) is 0 Å². The molecule has 0 aliphatic rings. The van der Waals surface area contributed by atoms with E-state index in [0.29, 0.717) is 0 Å². The fourth-order valence-corrected chi connectivity index (χ4v) is 0. The summed E-state index contributed by atoms with van der Waals surface area (Å²) in [6.07, 6.45) is 0. The van der Waals surface area contributed by atoms with E-state index in [0.717, 1.165) is 0 Å². The smallest absolute Gasteiger partial charge is 0 e. The van der Waals surface area contributed by atoms with Crippen LogP contribution in [0.3, 0.4) is 0 Å². The maximum atomic E-state index is 0. The van der Waals surface area contributed by atoms with E-state index in [1.165, 1.54) is 0 Å². The molecule has 0 aliphatic carbocycles. The maximum Gasteiger partial charge on any atom is 0 e. The molecule has 0 aliphatic heterocycles. The zero-order valence-corrected chi connectivity index (χ0v) is 7.93. The van der Waals surface area contributed by atoms with E-state index in [2.05, 4.69) is 0 Å². The molecule has 0 fully saturated rings. The third-order valence-electron chi connectivity index (χ3n) is 0. The van der Waals surface area contributed by atoms with Crippen molar-refractivity contribution < 1.29 is 73.7 Å². The zero-order valence-electron chi connectivity index (χ0n) is 3.91. The monoisotopic (exact) mass is 286 g/mol. The molecule has 0 aromatic heterocycles. The van der Waals surface area contributed by atoms with E-state index < -0.39 is 0 Å². The van der Waals surface area contributed by atoms with Crippen LogP contribution in [0.25, 0.3) is 0 Å². The van der Waals surface area contributed by atoms with Crippen molar-refractivity contribution in [2.45, 2.75) is 0 Å². The molecule has 6 nitrogen and oxygen atoms in total. The molecule has 0 unspecified atom stereocenters. The van der Waals surface area contributed by atoms with Crippen molar-refractivity contribution in [1.82, 2.24) is 0 Å². The first-order chi connectivity index (χ1) is 0. The van der Waals surface area contributed by atoms with Gasteiger partial charge in [0, 0.05) is 40.8 Å². The van der Waals surface area contributed by atoms with Crippen LogP contribution in [0.2, 0.25) is 0 Å². The molecule has 8 heavy (non-hydrogen) atoms. The molecular weight excluding hydrogens is 276 g/mol. The number of rotatable bonds is 0. The fourth-order valence-electron chi connectivity index (χ4n) is 0. The Kier molecular flexibility index (Phi) is 9910. The van der Waals surface area contributed by atoms with Gasteiger partial charge in [-0.3, -0.25) is 0 Å². The summed E-state index contributed by atoms with van der Waals surface area (Å²) in [6, 6.07) is 0. The van der Waals surface area contributed by atoms with Gasteiger partial charge in [-0.05, 0) is 0 Å². The average molecular weight is 289 g/mol. The molecule has 0 amide bonds. The van der Waals surface area contributed by atoms with Gasteiger partial charge in [0.25, 0.3) is 0 Å². The average Bonchev–Trinajstić information content (AvgIpc) is 0. The first-order valence-electron chi connectivity index (χ1n) is 0. The summed E-state index contributed by atoms with van der Waals surface area (Å²) in [7, 11) is 0. The van der Waals surface area contributed by atoms with Crippen molar-refractivity contribution in [2.75, 3.05) is 0 Å². The topological polar surface area (TPSA) is 189 Å². The number of halogens is 1. The summed E-state index contributed by atoms with van der Waals surface area (Å²) in [5.41, 5.74) is 0. The normalized spacial score (nSPS) is 0. The van der Waals surface area contributed by atoms with E-state index >= 15 is 0 Å². The van der Waals surface area contributed by atoms with Crippen molar-refractivity contribution in [3.05, 3.63) is 0 Å². The fraction of sp³-hybridized carbons (Fsp3) is 0. The molecular formula is H13ClNdO6. The van der Waals surface area contributed by atoms with E-state index in [9.17, 15) is 0 Å². The predicted molar refractivity (Wildman–Crippen MR) is 28.9 cm³/mol. The van der Waals surface area contributed by atoms with Gasteiger partial charge in [0.2, 0.25) is 0 Å². The summed E-state index contributed by atoms with van der Waals surface area (Å²) in [5, 5.41) is 0. The molecule has 0 spiro atoms. The van der Waals surface area contributed by atoms with Crippen molar-refractivity contribution in [3.63, 3.8) is 0 Å². The molecule has 0 bridgehead atoms. The Balaban J connectivity index is 0. The van der Waals surface area contributed by atoms with Crippen LogP contribution < -0.4 is 0 Å². The Morgan fingerprint density at radius 2 is 0.375 bits per heavy atom. The van der Waals surface area contributed by atoms with Crippen LogP contribution >= 0.6 is 12.4 Å². The first kappa shape index (κ1) is 338. The van der Waals surface area contributed by atoms with Gasteiger partial charge >= 0.3 is 0 Å². The van der Waals surface area contributed by atoms with Gasteiger partial charge < -0.3 is 32.9 Å². The molecule has 0 heterocycles. The van der Waals surface area contributed by atoms with Crippen molar-refractivity contribution in [1.29, 1.82) is 0 Å². The minimum atomic E-state index is 0. The molecule has 0 saturated heterocycles. The van der Waals surface area contributed by atoms with Crippen LogP contribution in [0.15, 0.2) is 0 Å². The van der Waals surface area contributed by atoms with Gasteiger partial charge in [-0.25, -0.2) is 0 Å². The predicted octanol–water partition coefficient (Wildman–Crippen LogP) is -4.53. The summed E-state index contributed by atoms with van der Waals surface area (Å²) in [6.45, 7) is 0. The largest absolute Gasteiger partial charge is 0.412 e. The van der Waals surface area contributed by atoms with Crippen molar-refractivity contribution >= 4 is 12.4 Å². The Hall–Kier alpha value is 1.40. The van der Waals surface area contributed by atoms with Crippen LogP contribution in [0.5, 0.6) is 0 Å². The van der Waals surface area contributed by atoms with Gasteiger partial charge in [-0.1, -0.05) is 0 Å². The summed E-state index contributed by atoms with van der Waals surface area (Å²) in [4.78, 5) is 0. The Labute approximate surface area is 85.4 Å². The van der Waals surface area contributed by atoms with E-state index in [-0.39, 0.29) is 86.1 Å². The van der Waals surface area contributed by atoms with Gasteiger partial charge in [0.1, 0.15) is 0 Å². The van der Waals surface area contributed by atoms with Gasteiger partial charge in [0.05, 0.1) is 0 Å². The van der Waals surface area contributed by atoms with Crippen LogP contribution in [0, 0.1) is 40.8 Å². The minimum Gasteiger partial charge on any atom is -0.412 e. The molecule has 60 valence electrons. The Morgan fingerprint density at radius 1 is 0.375 bits per heavy atom. The van der Waals surface area contributed by atoms with Crippen LogP contribution in [-0.4, -0.2) is 32.9 Å². The SMILES string of the molecule is Cl.O.O.O.O.O.O.[Nd]. The van der Waals surface area contributed by atoms with E-state index in [4.69, 9.17) is 0 Å². The molecule has 0 aromatic carbocycles. The van der Waals surface area contributed by atoms with Crippen molar-refractivity contribution in [3.8, 4) is 0 Å². The maximum absolute atomic E-state index is 0. The Morgan fingerprint density at radius 3 is 0.375 bits per heavy atom. The van der Waals surface area contributed by atoms with E-state index in [1.54, 1.807) is 0 Å². The van der Waals surface area contributed by atoms with Crippen LogP contribution in [-0.2, 0) is 0 Å². The zero-order chi connectivity index (χ0) is 0. The second kappa shape index (κ2) is 235. The Bertz CT molecular complexity index is 8.49. The van der Waals surface area contributed by atoms with Crippen molar-refractivity contribution in [2.24, 2.45) is 0 Å². The second-order valence-corrected chi connectivity index (χ2v) is 0. The summed E-state index contributed by atoms with van der Waals surface area (Å²) in [5.74, 6) is 0. The van der Waals surface area contributed by atoms with Crippen LogP contribution in [0.1, 0.15) is 0 Å². The third-order valence-corrected chi connectivity index (χ3v) is 0. The second-order valence-electron chi connectivity index (χ2n) is 0. The number of hydrogen-bond acceptors (Lipinski definition) is 0. The summed E-state index contributed by atoms with van der Waals surface area (Å²) < 4.78 is 0. The molecule has 0 radical (unpaired) electrons. The molecule has 0 rings (SSSR count). The van der Waals surface area contributed by atoms with Gasteiger partial charge in [-0.2, -0.15) is 0 Å². The molecule has 0 atom stereocenters. The van der Waals surface area contributed by atoms with Gasteiger partial charge in [-0.15, -0.1) is 12.4 Å². The standard InChI is InChI=1S/ClH.Nd.6H2O/h1H;;6*1H2.